The minimum Gasteiger partial charge on any atom is -0.302 e. The summed E-state index contributed by atoms with van der Waals surface area (Å²) in [5.74, 6) is 0. The number of rotatable bonds is 23. The van der Waals surface area contributed by atoms with Crippen molar-refractivity contribution in [2.75, 3.05) is 0 Å². The molecule has 33 heavy (non-hydrogen) atoms. The van der Waals surface area contributed by atoms with Gasteiger partial charge in [-0.25, -0.2) is 4.21 Å². The molecule has 192 valence electrons. The summed E-state index contributed by atoms with van der Waals surface area (Å²) in [4.78, 5) is 0.649. The van der Waals surface area contributed by atoms with Crippen molar-refractivity contribution < 1.29 is 8.76 Å². The first-order valence-electron chi connectivity index (χ1n) is 14.4. The molecule has 0 aromatic heterocycles. The van der Waals surface area contributed by atoms with Crippen molar-refractivity contribution in [3.05, 3.63) is 29.3 Å². The largest absolute Gasteiger partial charge is 0.302 e. The SMILES string of the molecule is CCCCCCCCCCCCc1cccc(S(=O)O)c1CCCCCCCCCCCC. The van der Waals surface area contributed by atoms with Crippen LogP contribution in [0, 0.1) is 0 Å². The van der Waals surface area contributed by atoms with Gasteiger partial charge in [-0.15, -0.1) is 0 Å². The van der Waals surface area contributed by atoms with E-state index < -0.39 is 11.1 Å². The monoisotopic (exact) mass is 478 g/mol. The molecule has 0 radical (unpaired) electrons. The van der Waals surface area contributed by atoms with Crippen LogP contribution in [0.2, 0.25) is 0 Å². The zero-order chi connectivity index (χ0) is 24.0. The highest BCUT2D eigenvalue weighted by molar-refractivity contribution is 7.79. The molecule has 1 N–H and O–H groups in total. The van der Waals surface area contributed by atoms with E-state index in [-0.39, 0.29) is 0 Å². The molecule has 0 aliphatic heterocycles. The van der Waals surface area contributed by atoms with Gasteiger partial charge in [-0.3, -0.25) is 0 Å². The minimum absolute atomic E-state index is 0.649. The predicted molar refractivity (Wildman–Crippen MR) is 147 cm³/mol. The maximum atomic E-state index is 11.9. The van der Waals surface area contributed by atoms with Gasteiger partial charge < -0.3 is 4.55 Å². The van der Waals surface area contributed by atoms with Gasteiger partial charge in [-0.1, -0.05) is 142 Å². The molecule has 3 heteroatoms. The standard InChI is InChI=1S/C30H54O2S/c1-3-5-7-9-11-13-15-17-19-21-24-28-25-23-27-30(33(31)32)29(28)26-22-20-18-16-14-12-10-8-6-4-2/h23,25,27H,3-22,24,26H2,1-2H3,(H,31,32). The normalized spacial score (nSPS) is 12.3. The van der Waals surface area contributed by atoms with Crippen molar-refractivity contribution in [3.8, 4) is 0 Å². The summed E-state index contributed by atoms with van der Waals surface area (Å²) >= 11 is -1.88. The second-order valence-corrected chi connectivity index (χ2v) is 10.9. The van der Waals surface area contributed by atoms with Gasteiger partial charge in [0.1, 0.15) is 0 Å². The Bertz CT molecular complexity index is 599. The molecule has 0 aliphatic carbocycles. The average Bonchev–Trinajstić information content (AvgIpc) is 2.81. The van der Waals surface area contributed by atoms with E-state index in [1.54, 1.807) is 0 Å². The molecule has 1 aromatic rings. The van der Waals surface area contributed by atoms with Crippen molar-refractivity contribution in [2.45, 2.75) is 160 Å². The van der Waals surface area contributed by atoms with E-state index in [0.29, 0.717) is 4.90 Å². The van der Waals surface area contributed by atoms with Crippen molar-refractivity contribution in [3.63, 3.8) is 0 Å². The van der Waals surface area contributed by atoms with E-state index in [1.807, 2.05) is 12.1 Å². The quantitative estimate of drug-likeness (QED) is 0.125. The molecular weight excluding hydrogens is 424 g/mol. The van der Waals surface area contributed by atoms with E-state index in [9.17, 15) is 8.76 Å². The van der Waals surface area contributed by atoms with E-state index in [0.717, 1.165) is 24.8 Å². The Morgan fingerprint density at radius 1 is 0.576 bits per heavy atom. The van der Waals surface area contributed by atoms with Gasteiger partial charge in [0, 0.05) is 0 Å². The predicted octanol–water partition coefficient (Wildman–Crippen LogP) is 10.2. The van der Waals surface area contributed by atoms with Crippen LogP contribution >= 0.6 is 0 Å². The third kappa shape index (κ3) is 15.8. The number of unbranched alkanes of at least 4 members (excludes halogenated alkanes) is 18. The molecular formula is C30H54O2S. The van der Waals surface area contributed by atoms with Crippen LogP contribution in [-0.2, 0) is 23.9 Å². The first-order valence-corrected chi connectivity index (χ1v) is 15.5. The first kappa shape index (κ1) is 30.4. The molecule has 1 unspecified atom stereocenters. The summed E-state index contributed by atoms with van der Waals surface area (Å²) in [7, 11) is 0. The van der Waals surface area contributed by atoms with Gasteiger partial charge >= 0.3 is 0 Å². The van der Waals surface area contributed by atoms with Crippen molar-refractivity contribution in [1.82, 2.24) is 0 Å². The van der Waals surface area contributed by atoms with Crippen LogP contribution in [-0.4, -0.2) is 8.76 Å². The Morgan fingerprint density at radius 3 is 1.39 bits per heavy atom. The Labute approximate surface area is 209 Å². The van der Waals surface area contributed by atoms with Crippen LogP contribution < -0.4 is 0 Å². The van der Waals surface area contributed by atoms with Crippen molar-refractivity contribution in [2.24, 2.45) is 0 Å². The van der Waals surface area contributed by atoms with Crippen molar-refractivity contribution in [1.29, 1.82) is 0 Å². The van der Waals surface area contributed by atoms with Crippen LogP contribution in [0.1, 0.15) is 153 Å². The topological polar surface area (TPSA) is 37.3 Å². The molecule has 2 nitrogen and oxygen atoms in total. The zero-order valence-corrected chi connectivity index (χ0v) is 22.9. The highest BCUT2D eigenvalue weighted by Gasteiger charge is 2.12. The minimum atomic E-state index is -1.88. The molecule has 1 rings (SSSR count). The number of hydrogen-bond donors (Lipinski definition) is 1. The lowest BCUT2D eigenvalue weighted by Crippen LogP contribution is -2.03. The molecule has 1 atom stereocenters. The van der Waals surface area contributed by atoms with Gasteiger partial charge in [0.05, 0.1) is 4.90 Å². The van der Waals surface area contributed by atoms with Gasteiger partial charge in [-0.05, 0) is 42.9 Å². The third-order valence-corrected chi connectivity index (χ3v) is 7.76. The zero-order valence-electron chi connectivity index (χ0n) is 22.1. The lowest BCUT2D eigenvalue weighted by molar-refractivity contribution is 0.549. The van der Waals surface area contributed by atoms with Gasteiger partial charge in [0.25, 0.3) is 0 Å². The summed E-state index contributed by atoms with van der Waals surface area (Å²) in [6.07, 6.45) is 28.7. The Morgan fingerprint density at radius 2 is 0.970 bits per heavy atom. The van der Waals surface area contributed by atoms with E-state index in [2.05, 4.69) is 19.9 Å². The van der Waals surface area contributed by atoms with Crippen LogP contribution in [0.25, 0.3) is 0 Å². The lowest BCUT2D eigenvalue weighted by atomic mass is 9.96. The van der Waals surface area contributed by atoms with Crippen LogP contribution in [0.3, 0.4) is 0 Å². The highest BCUT2D eigenvalue weighted by Crippen LogP contribution is 2.23. The second-order valence-electron chi connectivity index (χ2n) is 10.0. The van der Waals surface area contributed by atoms with Crippen LogP contribution in [0.15, 0.2) is 23.1 Å². The molecule has 0 bridgehead atoms. The summed E-state index contributed by atoms with van der Waals surface area (Å²) in [6, 6.07) is 6.01. The Hall–Kier alpha value is -0.670. The van der Waals surface area contributed by atoms with Gasteiger partial charge in [0.15, 0.2) is 11.1 Å². The van der Waals surface area contributed by atoms with Gasteiger partial charge in [-0.2, -0.15) is 0 Å². The van der Waals surface area contributed by atoms with E-state index >= 15 is 0 Å². The van der Waals surface area contributed by atoms with Crippen LogP contribution in [0.4, 0.5) is 0 Å². The fourth-order valence-electron chi connectivity index (χ4n) is 4.88. The maximum absolute atomic E-state index is 11.9. The number of aryl methyl sites for hydroxylation is 1. The maximum Gasteiger partial charge on any atom is 0.186 e. The number of benzene rings is 1. The summed E-state index contributed by atoms with van der Waals surface area (Å²) in [5, 5.41) is 0. The molecule has 0 aliphatic rings. The number of hydrogen-bond acceptors (Lipinski definition) is 1. The Kier molecular flexibility index (Phi) is 20.1. The van der Waals surface area contributed by atoms with Crippen LogP contribution in [0.5, 0.6) is 0 Å². The third-order valence-electron chi connectivity index (χ3n) is 7.00. The average molecular weight is 479 g/mol. The molecule has 0 fully saturated rings. The molecule has 0 heterocycles. The summed E-state index contributed by atoms with van der Waals surface area (Å²) in [6.45, 7) is 4.55. The smallest absolute Gasteiger partial charge is 0.186 e. The second kappa shape index (κ2) is 21.8. The summed E-state index contributed by atoms with van der Waals surface area (Å²) < 4.78 is 21.7. The summed E-state index contributed by atoms with van der Waals surface area (Å²) in [5.41, 5.74) is 2.47. The van der Waals surface area contributed by atoms with Crippen molar-refractivity contribution >= 4 is 11.1 Å². The molecule has 1 aromatic carbocycles. The fourth-order valence-corrected chi connectivity index (χ4v) is 5.52. The molecule has 0 spiro atoms. The first-order chi connectivity index (χ1) is 16.2. The van der Waals surface area contributed by atoms with E-state index in [1.165, 1.54) is 128 Å². The van der Waals surface area contributed by atoms with E-state index in [4.69, 9.17) is 0 Å². The Balaban J connectivity index is 2.28. The molecule has 0 amide bonds. The molecule has 0 saturated heterocycles. The fraction of sp³-hybridized carbons (Fsp3) is 0.800. The lowest BCUT2D eigenvalue weighted by Gasteiger charge is -2.13. The molecule has 0 saturated carbocycles. The highest BCUT2D eigenvalue weighted by atomic mass is 32.2. The van der Waals surface area contributed by atoms with Gasteiger partial charge in [0.2, 0.25) is 0 Å².